The molecule has 1 heterocycles. The zero-order valence-electron chi connectivity index (χ0n) is 12.8. The standard InChI is InChI=1S/C18H13BrFN3O/c1-11-16(18(24)23-15-4-2-3-13(19)9-15)10-21-17(22-11)12-5-7-14(20)8-6-12/h2-10H,1H3,(H,23,24). The average molecular weight is 386 g/mol. The van der Waals surface area contributed by atoms with E-state index in [4.69, 9.17) is 0 Å². The molecule has 4 nitrogen and oxygen atoms in total. The number of carbonyl (C=O) groups is 1. The molecule has 0 fully saturated rings. The van der Waals surface area contributed by atoms with Crippen LogP contribution in [-0.2, 0) is 0 Å². The van der Waals surface area contributed by atoms with Gasteiger partial charge in [-0.15, -0.1) is 0 Å². The van der Waals surface area contributed by atoms with Gasteiger partial charge in [-0.2, -0.15) is 0 Å². The Morgan fingerprint density at radius 3 is 2.58 bits per heavy atom. The summed E-state index contributed by atoms with van der Waals surface area (Å²) in [5.74, 6) is -0.150. The van der Waals surface area contributed by atoms with Gasteiger partial charge in [0.25, 0.3) is 5.91 Å². The van der Waals surface area contributed by atoms with Gasteiger partial charge in [0, 0.05) is 21.9 Å². The predicted molar refractivity (Wildman–Crippen MR) is 94.3 cm³/mol. The quantitative estimate of drug-likeness (QED) is 0.716. The number of benzene rings is 2. The molecule has 0 aliphatic rings. The summed E-state index contributed by atoms with van der Waals surface area (Å²) in [5, 5.41) is 2.81. The van der Waals surface area contributed by atoms with Gasteiger partial charge in [-0.3, -0.25) is 4.79 Å². The lowest BCUT2D eigenvalue weighted by molar-refractivity contribution is 0.102. The van der Waals surface area contributed by atoms with Gasteiger partial charge in [0.15, 0.2) is 5.82 Å². The normalized spacial score (nSPS) is 10.5. The highest BCUT2D eigenvalue weighted by molar-refractivity contribution is 9.10. The highest BCUT2D eigenvalue weighted by atomic mass is 79.9. The Morgan fingerprint density at radius 2 is 1.92 bits per heavy atom. The van der Waals surface area contributed by atoms with Gasteiger partial charge in [0.05, 0.1) is 11.3 Å². The van der Waals surface area contributed by atoms with Crippen LogP contribution in [0.4, 0.5) is 10.1 Å². The van der Waals surface area contributed by atoms with Crippen LogP contribution in [0.3, 0.4) is 0 Å². The molecule has 3 aromatic rings. The summed E-state index contributed by atoms with van der Waals surface area (Å²) in [6.07, 6.45) is 1.48. The molecule has 0 aliphatic heterocycles. The Labute approximate surface area is 146 Å². The Bertz CT molecular complexity index is 897. The minimum absolute atomic E-state index is 0.281. The molecule has 0 saturated heterocycles. The van der Waals surface area contributed by atoms with Crippen molar-refractivity contribution >= 4 is 27.5 Å². The smallest absolute Gasteiger partial charge is 0.259 e. The number of halogens is 2. The van der Waals surface area contributed by atoms with Crippen LogP contribution in [0.1, 0.15) is 16.1 Å². The summed E-state index contributed by atoms with van der Waals surface area (Å²) in [6, 6.07) is 13.2. The van der Waals surface area contributed by atoms with E-state index in [1.165, 1.54) is 18.3 Å². The maximum atomic E-state index is 13.0. The molecule has 3 rings (SSSR count). The van der Waals surface area contributed by atoms with Crippen LogP contribution < -0.4 is 5.32 Å². The average Bonchev–Trinajstić information content (AvgIpc) is 2.55. The predicted octanol–water partition coefficient (Wildman–Crippen LogP) is 4.61. The lowest BCUT2D eigenvalue weighted by Gasteiger charge is -2.08. The van der Waals surface area contributed by atoms with Gasteiger partial charge in [-0.25, -0.2) is 14.4 Å². The topological polar surface area (TPSA) is 54.9 Å². The number of aryl methyl sites for hydroxylation is 1. The Hall–Kier alpha value is -2.60. The minimum Gasteiger partial charge on any atom is -0.322 e. The number of nitrogens with zero attached hydrogens (tertiary/aromatic N) is 2. The first-order chi connectivity index (χ1) is 11.5. The third-order valence-electron chi connectivity index (χ3n) is 3.41. The fraction of sp³-hybridized carbons (Fsp3) is 0.0556. The van der Waals surface area contributed by atoms with Gasteiger partial charge in [0.2, 0.25) is 0 Å². The van der Waals surface area contributed by atoms with Gasteiger partial charge < -0.3 is 5.32 Å². The van der Waals surface area contributed by atoms with E-state index in [0.29, 0.717) is 28.3 Å². The zero-order chi connectivity index (χ0) is 17.1. The van der Waals surface area contributed by atoms with Crippen molar-refractivity contribution in [2.24, 2.45) is 0 Å². The van der Waals surface area contributed by atoms with E-state index in [-0.39, 0.29) is 11.7 Å². The number of anilines is 1. The van der Waals surface area contributed by atoms with Crippen molar-refractivity contribution < 1.29 is 9.18 Å². The fourth-order valence-electron chi connectivity index (χ4n) is 2.19. The number of carbonyl (C=O) groups excluding carboxylic acids is 1. The molecule has 0 spiro atoms. The van der Waals surface area contributed by atoms with Crippen LogP contribution in [0.15, 0.2) is 59.2 Å². The first-order valence-corrected chi connectivity index (χ1v) is 7.99. The Balaban J connectivity index is 1.84. The maximum Gasteiger partial charge on any atom is 0.259 e. The van der Waals surface area contributed by atoms with E-state index in [1.807, 2.05) is 12.1 Å². The summed E-state index contributed by atoms with van der Waals surface area (Å²) in [4.78, 5) is 20.9. The minimum atomic E-state index is -0.319. The zero-order valence-corrected chi connectivity index (χ0v) is 14.3. The van der Waals surface area contributed by atoms with Gasteiger partial charge in [0.1, 0.15) is 5.82 Å². The van der Waals surface area contributed by atoms with E-state index in [1.54, 1.807) is 31.2 Å². The molecule has 1 amide bonds. The second-order valence-corrected chi connectivity index (χ2v) is 6.08. The van der Waals surface area contributed by atoms with E-state index in [2.05, 4.69) is 31.2 Å². The lowest BCUT2D eigenvalue weighted by atomic mass is 10.1. The summed E-state index contributed by atoms with van der Waals surface area (Å²) >= 11 is 3.36. The van der Waals surface area contributed by atoms with Crippen molar-refractivity contribution in [1.29, 1.82) is 0 Å². The van der Waals surface area contributed by atoms with Gasteiger partial charge in [-0.1, -0.05) is 22.0 Å². The molecule has 0 unspecified atom stereocenters. The van der Waals surface area contributed by atoms with Crippen molar-refractivity contribution in [3.8, 4) is 11.4 Å². The molecular weight excluding hydrogens is 373 g/mol. The van der Waals surface area contributed by atoms with E-state index >= 15 is 0 Å². The molecule has 120 valence electrons. The monoisotopic (exact) mass is 385 g/mol. The maximum absolute atomic E-state index is 13.0. The number of nitrogens with one attached hydrogen (secondary N) is 1. The van der Waals surface area contributed by atoms with E-state index in [0.717, 1.165) is 4.47 Å². The van der Waals surface area contributed by atoms with Crippen LogP contribution in [0, 0.1) is 12.7 Å². The molecule has 1 N–H and O–H groups in total. The molecule has 2 aromatic carbocycles. The first kappa shape index (κ1) is 16.3. The van der Waals surface area contributed by atoms with Crippen molar-refractivity contribution in [2.75, 3.05) is 5.32 Å². The molecule has 1 aromatic heterocycles. The van der Waals surface area contributed by atoms with Crippen molar-refractivity contribution in [2.45, 2.75) is 6.92 Å². The summed E-state index contributed by atoms with van der Waals surface area (Å²) in [6.45, 7) is 1.74. The van der Waals surface area contributed by atoms with Crippen LogP contribution in [0.5, 0.6) is 0 Å². The second-order valence-electron chi connectivity index (χ2n) is 5.16. The van der Waals surface area contributed by atoms with Crippen LogP contribution in [0.2, 0.25) is 0 Å². The number of hydrogen-bond donors (Lipinski definition) is 1. The number of amides is 1. The molecule has 0 bridgehead atoms. The fourth-order valence-corrected chi connectivity index (χ4v) is 2.59. The van der Waals surface area contributed by atoms with Crippen LogP contribution >= 0.6 is 15.9 Å². The lowest BCUT2D eigenvalue weighted by Crippen LogP contribution is -2.15. The van der Waals surface area contributed by atoms with Gasteiger partial charge in [-0.05, 0) is 49.4 Å². The van der Waals surface area contributed by atoms with Gasteiger partial charge >= 0.3 is 0 Å². The van der Waals surface area contributed by atoms with Crippen molar-refractivity contribution in [1.82, 2.24) is 9.97 Å². The molecule has 0 saturated carbocycles. The molecule has 0 radical (unpaired) electrons. The summed E-state index contributed by atoms with van der Waals surface area (Å²) in [7, 11) is 0. The third kappa shape index (κ3) is 3.65. The Morgan fingerprint density at radius 1 is 1.17 bits per heavy atom. The molecule has 0 atom stereocenters. The SMILES string of the molecule is Cc1nc(-c2ccc(F)cc2)ncc1C(=O)Nc1cccc(Br)c1. The molecule has 24 heavy (non-hydrogen) atoms. The molecule has 6 heteroatoms. The number of hydrogen-bond acceptors (Lipinski definition) is 3. The highest BCUT2D eigenvalue weighted by Gasteiger charge is 2.13. The van der Waals surface area contributed by atoms with Crippen molar-refractivity contribution in [3.63, 3.8) is 0 Å². The van der Waals surface area contributed by atoms with Crippen molar-refractivity contribution in [3.05, 3.63) is 76.3 Å². The summed E-state index contributed by atoms with van der Waals surface area (Å²) < 4.78 is 13.9. The second kappa shape index (κ2) is 6.88. The highest BCUT2D eigenvalue weighted by Crippen LogP contribution is 2.19. The van der Waals surface area contributed by atoms with Crippen LogP contribution in [0.25, 0.3) is 11.4 Å². The largest absolute Gasteiger partial charge is 0.322 e. The van der Waals surface area contributed by atoms with E-state index in [9.17, 15) is 9.18 Å². The molecular formula is C18H13BrFN3O. The van der Waals surface area contributed by atoms with Crippen LogP contribution in [-0.4, -0.2) is 15.9 Å². The summed E-state index contributed by atoms with van der Waals surface area (Å²) in [5.41, 5.74) is 2.31. The number of rotatable bonds is 3. The number of aromatic nitrogens is 2. The molecule has 0 aliphatic carbocycles. The first-order valence-electron chi connectivity index (χ1n) is 7.19. The third-order valence-corrected chi connectivity index (χ3v) is 3.90. The van der Waals surface area contributed by atoms with E-state index < -0.39 is 0 Å². The Kier molecular flexibility index (Phi) is 4.66.